The molecule has 4 nitrogen and oxygen atoms in total. The molecule has 20 heavy (non-hydrogen) atoms. The third-order valence-corrected chi connectivity index (χ3v) is 3.91. The van der Waals surface area contributed by atoms with E-state index in [2.05, 4.69) is 32.9 Å². The molecule has 1 heterocycles. The first-order chi connectivity index (χ1) is 9.19. The Morgan fingerprint density at radius 2 is 2.10 bits per heavy atom. The summed E-state index contributed by atoms with van der Waals surface area (Å²) in [6.45, 7) is 7.76. The van der Waals surface area contributed by atoms with E-state index in [1.807, 2.05) is 50.5 Å². The van der Waals surface area contributed by atoms with Crippen molar-refractivity contribution in [3.05, 3.63) is 26.5 Å². The second-order valence-electron chi connectivity index (χ2n) is 5.88. The van der Waals surface area contributed by atoms with Crippen molar-refractivity contribution in [2.45, 2.75) is 39.3 Å². The van der Waals surface area contributed by atoms with Crippen molar-refractivity contribution in [3.63, 3.8) is 0 Å². The van der Waals surface area contributed by atoms with Gasteiger partial charge in [-0.1, -0.05) is 0 Å². The Morgan fingerprint density at radius 1 is 1.45 bits per heavy atom. The van der Waals surface area contributed by atoms with Gasteiger partial charge >= 0.3 is 0 Å². The Kier molecular flexibility index (Phi) is 4.24. The fourth-order valence-corrected chi connectivity index (χ4v) is 2.94. The average molecular weight is 403 g/mol. The van der Waals surface area contributed by atoms with Crippen molar-refractivity contribution in [3.8, 4) is 0 Å². The van der Waals surface area contributed by atoms with E-state index in [0.717, 1.165) is 14.6 Å². The molecule has 1 aromatic heterocycles. The number of hydrogen-bond donors (Lipinski definition) is 2. The molecule has 0 bridgehead atoms. The summed E-state index contributed by atoms with van der Waals surface area (Å²) in [6.07, 6.45) is 0. The number of halogens is 1. The number of H-pyrrole nitrogens is 1. The largest absolute Gasteiger partial charge is 0.350 e. The van der Waals surface area contributed by atoms with E-state index >= 15 is 0 Å². The number of nitrogens with one attached hydrogen (secondary N) is 2. The van der Waals surface area contributed by atoms with Gasteiger partial charge in [0.15, 0.2) is 4.77 Å². The van der Waals surface area contributed by atoms with Gasteiger partial charge in [0.1, 0.15) is 6.04 Å². The van der Waals surface area contributed by atoms with Crippen LogP contribution in [0.2, 0.25) is 0 Å². The molecule has 1 amide bonds. The highest BCUT2D eigenvalue weighted by Gasteiger charge is 2.22. The van der Waals surface area contributed by atoms with Gasteiger partial charge in [0.25, 0.3) is 0 Å². The van der Waals surface area contributed by atoms with E-state index in [4.69, 9.17) is 12.2 Å². The molecular formula is C14H18IN3OS. The van der Waals surface area contributed by atoms with Crippen molar-refractivity contribution in [1.29, 1.82) is 0 Å². The Hall–Kier alpha value is -0.890. The summed E-state index contributed by atoms with van der Waals surface area (Å²) >= 11 is 7.61. The van der Waals surface area contributed by atoms with E-state index in [1.54, 1.807) is 0 Å². The number of rotatable bonds is 2. The fraction of sp³-hybridized carbons (Fsp3) is 0.429. The van der Waals surface area contributed by atoms with Crippen molar-refractivity contribution in [2.75, 3.05) is 0 Å². The van der Waals surface area contributed by atoms with Crippen LogP contribution in [0.5, 0.6) is 0 Å². The molecule has 1 atom stereocenters. The summed E-state index contributed by atoms with van der Waals surface area (Å²) in [6, 6.07) is 5.67. The van der Waals surface area contributed by atoms with Gasteiger partial charge in [-0.2, -0.15) is 0 Å². The maximum atomic E-state index is 12.3. The lowest BCUT2D eigenvalue weighted by atomic mass is 10.1. The highest BCUT2D eigenvalue weighted by atomic mass is 127. The molecule has 2 N–H and O–H groups in total. The Morgan fingerprint density at radius 3 is 2.70 bits per heavy atom. The molecule has 0 radical (unpaired) electrons. The molecule has 6 heteroatoms. The molecule has 1 unspecified atom stereocenters. The normalized spacial score (nSPS) is 13.4. The number of imidazole rings is 1. The Balaban J connectivity index is 2.45. The summed E-state index contributed by atoms with van der Waals surface area (Å²) in [5.41, 5.74) is 1.65. The van der Waals surface area contributed by atoms with E-state index < -0.39 is 0 Å². The molecule has 0 aliphatic rings. The molecule has 0 aliphatic heterocycles. The van der Waals surface area contributed by atoms with Crippen LogP contribution in [0.15, 0.2) is 18.2 Å². The van der Waals surface area contributed by atoms with Gasteiger partial charge in [0.2, 0.25) is 5.91 Å². The van der Waals surface area contributed by atoms with Crippen LogP contribution in [-0.4, -0.2) is 21.0 Å². The maximum Gasteiger partial charge on any atom is 0.243 e. The van der Waals surface area contributed by atoms with Crippen molar-refractivity contribution >= 4 is 51.7 Å². The van der Waals surface area contributed by atoms with E-state index in [0.29, 0.717) is 4.77 Å². The number of carbonyl (C=O) groups is 1. The quantitative estimate of drug-likeness (QED) is 0.593. The van der Waals surface area contributed by atoms with Crippen molar-refractivity contribution < 1.29 is 4.79 Å². The van der Waals surface area contributed by atoms with Gasteiger partial charge in [0.05, 0.1) is 11.0 Å². The number of benzene rings is 1. The highest BCUT2D eigenvalue weighted by Crippen LogP contribution is 2.21. The van der Waals surface area contributed by atoms with Gasteiger partial charge < -0.3 is 14.9 Å². The highest BCUT2D eigenvalue weighted by molar-refractivity contribution is 14.1. The summed E-state index contributed by atoms with van der Waals surface area (Å²) in [5, 5.41) is 2.99. The minimum absolute atomic E-state index is 0.0342. The van der Waals surface area contributed by atoms with Crippen LogP contribution >= 0.6 is 34.8 Å². The molecule has 0 saturated carbocycles. The molecule has 0 spiro atoms. The minimum atomic E-state index is -0.351. The summed E-state index contributed by atoms with van der Waals surface area (Å²) < 4.78 is 3.56. The maximum absolute atomic E-state index is 12.3. The molecule has 0 aliphatic carbocycles. The average Bonchev–Trinajstić information content (AvgIpc) is 2.60. The molecule has 108 valence electrons. The van der Waals surface area contributed by atoms with Crippen LogP contribution in [0.1, 0.15) is 33.7 Å². The zero-order valence-corrected chi connectivity index (χ0v) is 14.9. The summed E-state index contributed by atoms with van der Waals surface area (Å²) in [7, 11) is 0. The number of nitrogens with zero attached hydrogens (tertiary/aromatic N) is 1. The van der Waals surface area contributed by atoms with E-state index in [9.17, 15) is 4.79 Å². The molecular weight excluding hydrogens is 385 g/mol. The van der Waals surface area contributed by atoms with Gasteiger partial charge in [0, 0.05) is 9.11 Å². The van der Waals surface area contributed by atoms with Crippen LogP contribution in [0.3, 0.4) is 0 Å². The fourth-order valence-electron chi connectivity index (χ4n) is 2.08. The van der Waals surface area contributed by atoms with Crippen LogP contribution < -0.4 is 5.32 Å². The van der Waals surface area contributed by atoms with Gasteiger partial charge in [-0.15, -0.1) is 0 Å². The van der Waals surface area contributed by atoms with Gasteiger partial charge in [-0.3, -0.25) is 4.79 Å². The third-order valence-electron chi connectivity index (χ3n) is 2.94. The SMILES string of the molecule is CC(C(=O)NC(C)(C)C)n1c(=S)[nH]c2cc(I)ccc21. The molecule has 0 saturated heterocycles. The number of hydrogen-bond acceptors (Lipinski definition) is 2. The number of amides is 1. The standard InChI is InChI=1S/C14H18IN3OS/c1-8(12(19)17-14(2,3)4)18-11-6-5-9(15)7-10(11)16-13(18)20/h5-8H,1-4H3,(H,16,20)(H,17,19). The first kappa shape index (κ1) is 15.5. The second kappa shape index (κ2) is 5.48. The first-order valence-electron chi connectivity index (χ1n) is 6.41. The Labute approximate surface area is 137 Å². The minimum Gasteiger partial charge on any atom is -0.350 e. The van der Waals surface area contributed by atoms with Gasteiger partial charge in [-0.25, -0.2) is 0 Å². The van der Waals surface area contributed by atoms with Crippen molar-refractivity contribution in [2.24, 2.45) is 0 Å². The molecule has 2 rings (SSSR count). The Bertz CT molecular complexity index is 711. The topological polar surface area (TPSA) is 49.8 Å². The molecule has 1 aromatic carbocycles. The van der Waals surface area contributed by atoms with E-state index in [1.165, 1.54) is 0 Å². The lowest BCUT2D eigenvalue weighted by Gasteiger charge is -2.24. The number of carbonyl (C=O) groups excluding carboxylic acids is 1. The van der Waals surface area contributed by atoms with E-state index in [-0.39, 0.29) is 17.5 Å². The lowest BCUT2D eigenvalue weighted by Crippen LogP contribution is -2.43. The van der Waals surface area contributed by atoms with Gasteiger partial charge in [-0.05, 0) is 80.7 Å². The van der Waals surface area contributed by atoms with Crippen LogP contribution in [-0.2, 0) is 4.79 Å². The first-order valence-corrected chi connectivity index (χ1v) is 7.89. The number of aromatic nitrogens is 2. The smallest absolute Gasteiger partial charge is 0.243 e. The predicted molar refractivity (Wildman–Crippen MR) is 92.4 cm³/mol. The summed E-state index contributed by atoms with van der Waals surface area (Å²) in [4.78, 5) is 15.5. The molecule has 2 aromatic rings. The van der Waals surface area contributed by atoms with Crippen LogP contribution in [0, 0.1) is 8.34 Å². The second-order valence-corrected chi connectivity index (χ2v) is 7.51. The third kappa shape index (κ3) is 3.22. The zero-order chi connectivity index (χ0) is 15.1. The van der Waals surface area contributed by atoms with Crippen molar-refractivity contribution in [1.82, 2.24) is 14.9 Å². The number of aromatic amines is 1. The van der Waals surface area contributed by atoms with Crippen LogP contribution in [0.4, 0.5) is 0 Å². The molecule has 0 fully saturated rings. The summed E-state index contributed by atoms with van der Waals surface area (Å²) in [5.74, 6) is -0.0342. The predicted octanol–water partition coefficient (Wildman–Crippen LogP) is 3.78. The zero-order valence-electron chi connectivity index (χ0n) is 12.0. The lowest BCUT2D eigenvalue weighted by molar-refractivity contribution is -0.125. The monoisotopic (exact) mass is 403 g/mol. The van der Waals surface area contributed by atoms with Crippen LogP contribution in [0.25, 0.3) is 11.0 Å². The number of fused-ring (bicyclic) bond motifs is 1.